The summed E-state index contributed by atoms with van der Waals surface area (Å²) in [5.74, 6) is 0.349. The molecule has 2 heterocycles. The van der Waals surface area contributed by atoms with Gasteiger partial charge in [0.05, 0.1) is 11.7 Å². The second kappa shape index (κ2) is 5.91. The second-order valence-corrected chi connectivity index (χ2v) is 5.46. The molecule has 0 amide bonds. The van der Waals surface area contributed by atoms with Crippen molar-refractivity contribution in [3.05, 3.63) is 46.6 Å². The van der Waals surface area contributed by atoms with Crippen LogP contribution in [-0.4, -0.2) is 20.3 Å². The fourth-order valence-corrected chi connectivity index (χ4v) is 2.73. The molecule has 2 aromatic heterocycles. The maximum atomic E-state index is 11.8. The highest BCUT2D eigenvalue weighted by Crippen LogP contribution is 2.17. The van der Waals surface area contributed by atoms with E-state index < -0.39 is 0 Å². The lowest BCUT2D eigenvalue weighted by atomic mass is 10.3. The number of fused-ring (bicyclic) bond motifs is 1. The van der Waals surface area contributed by atoms with Gasteiger partial charge in [-0.1, -0.05) is 23.9 Å². The molecule has 2 N–H and O–H groups in total. The Hall–Kier alpha value is -2.79. The summed E-state index contributed by atoms with van der Waals surface area (Å²) < 4.78 is 6.73. The average Bonchev–Trinajstić information content (AvgIpc) is 2.83. The number of aromatic nitrogens is 3. The summed E-state index contributed by atoms with van der Waals surface area (Å²) >= 11 is 1.36. The van der Waals surface area contributed by atoms with Gasteiger partial charge < -0.3 is 10.2 Å². The third-order valence-corrected chi connectivity index (χ3v) is 3.88. The predicted molar refractivity (Wildman–Crippen MR) is 82.4 cm³/mol. The zero-order chi connectivity index (χ0) is 15.5. The number of anilines is 1. The standard InChI is InChI=1S/C14H11N5O2S/c15-7-9-8-17-13(18-12(9)16)22-6-5-19-10-3-1-2-4-11(10)21-14(19)20/h1-4,8H,5-6H2,(H2,16,17,18). The van der Waals surface area contributed by atoms with Gasteiger partial charge in [-0.2, -0.15) is 5.26 Å². The van der Waals surface area contributed by atoms with Crippen molar-refractivity contribution in [2.75, 3.05) is 11.5 Å². The summed E-state index contributed by atoms with van der Waals surface area (Å²) in [6.07, 6.45) is 1.39. The van der Waals surface area contributed by atoms with Crippen LogP contribution in [0.3, 0.4) is 0 Å². The van der Waals surface area contributed by atoms with Crippen molar-refractivity contribution in [1.29, 1.82) is 5.26 Å². The van der Waals surface area contributed by atoms with Crippen LogP contribution in [0.25, 0.3) is 11.1 Å². The van der Waals surface area contributed by atoms with Gasteiger partial charge in [-0.3, -0.25) is 4.57 Å². The fourth-order valence-electron chi connectivity index (χ4n) is 1.99. The minimum atomic E-state index is -0.387. The molecule has 0 bridgehead atoms. The van der Waals surface area contributed by atoms with Crippen LogP contribution in [0.4, 0.5) is 5.82 Å². The minimum Gasteiger partial charge on any atom is -0.408 e. The van der Waals surface area contributed by atoms with Crippen LogP contribution in [0.5, 0.6) is 0 Å². The second-order valence-electron chi connectivity index (χ2n) is 4.40. The largest absolute Gasteiger partial charge is 0.419 e. The molecule has 0 saturated carbocycles. The first-order chi connectivity index (χ1) is 10.7. The van der Waals surface area contributed by atoms with Crippen molar-refractivity contribution in [3.63, 3.8) is 0 Å². The molecule has 0 unspecified atom stereocenters. The first-order valence-electron chi connectivity index (χ1n) is 6.43. The quantitative estimate of drug-likeness (QED) is 0.575. The summed E-state index contributed by atoms with van der Waals surface area (Å²) in [5.41, 5.74) is 7.21. The van der Waals surface area contributed by atoms with Crippen molar-refractivity contribution in [2.24, 2.45) is 0 Å². The summed E-state index contributed by atoms with van der Waals surface area (Å²) in [6.45, 7) is 0.462. The van der Waals surface area contributed by atoms with Gasteiger partial charge in [0, 0.05) is 12.3 Å². The zero-order valence-electron chi connectivity index (χ0n) is 11.4. The van der Waals surface area contributed by atoms with Crippen molar-refractivity contribution < 1.29 is 4.42 Å². The highest BCUT2D eigenvalue weighted by atomic mass is 32.2. The predicted octanol–water partition coefficient (Wildman–Crippen LogP) is 1.63. The average molecular weight is 313 g/mol. The maximum absolute atomic E-state index is 11.8. The molecule has 7 nitrogen and oxygen atoms in total. The highest BCUT2D eigenvalue weighted by Gasteiger charge is 2.09. The topological polar surface area (TPSA) is 111 Å². The Morgan fingerprint density at radius 3 is 3.00 bits per heavy atom. The molecule has 3 rings (SSSR count). The molecule has 1 aromatic carbocycles. The van der Waals surface area contributed by atoms with E-state index in [1.165, 1.54) is 18.0 Å². The van der Waals surface area contributed by atoms with Crippen molar-refractivity contribution in [1.82, 2.24) is 14.5 Å². The van der Waals surface area contributed by atoms with Gasteiger partial charge in [0.15, 0.2) is 10.7 Å². The third-order valence-electron chi connectivity index (χ3n) is 3.04. The van der Waals surface area contributed by atoms with Crippen LogP contribution < -0.4 is 11.5 Å². The number of benzene rings is 1. The molecule has 0 aliphatic heterocycles. The van der Waals surface area contributed by atoms with Crippen LogP contribution in [0.2, 0.25) is 0 Å². The van der Waals surface area contributed by atoms with Gasteiger partial charge >= 0.3 is 5.76 Å². The molecular formula is C14H11N5O2S. The van der Waals surface area contributed by atoms with Crippen molar-refractivity contribution in [2.45, 2.75) is 11.7 Å². The Morgan fingerprint density at radius 1 is 1.41 bits per heavy atom. The van der Waals surface area contributed by atoms with E-state index in [0.29, 0.717) is 23.0 Å². The van der Waals surface area contributed by atoms with Crippen molar-refractivity contribution >= 4 is 28.7 Å². The van der Waals surface area contributed by atoms with E-state index >= 15 is 0 Å². The first kappa shape index (κ1) is 14.2. The maximum Gasteiger partial charge on any atom is 0.419 e. The molecule has 0 saturated heterocycles. The summed E-state index contributed by atoms with van der Waals surface area (Å²) in [5, 5.41) is 9.25. The normalized spacial score (nSPS) is 10.7. The van der Waals surface area contributed by atoms with Gasteiger partial charge in [-0.15, -0.1) is 0 Å². The van der Waals surface area contributed by atoms with Gasteiger partial charge in [-0.25, -0.2) is 14.8 Å². The molecule has 8 heteroatoms. The number of hydrogen-bond donors (Lipinski definition) is 1. The lowest BCUT2D eigenvalue weighted by Crippen LogP contribution is -2.15. The minimum absolute atomic E-state index is 0.158. The van der Waals surface area contributed by atoms with Gasteiger partial charge in [0.1, 0.15) is 17.5 Å². The molecule has 0 radical (unpaired) electrons. The van der Waals surface area contributed by atoms with Gasteiger partial charge in [0.2, 0.25) is 0 Å². The molecule has 0 atom stereocenters. The number of nitriles is 1. The Morgan fingerprint density at radius 2 is 2.23 bits per heavy atom. The SMILES string of the molecule is N#Cc1cnc(SCCn2c(=O)oc3ccccc32)nc1N. The van der Waals surface area contributed by atoms with E-state index in [1.807, 2.05) is 24.3 Å². The highest BCUT2D eigenvalue weighted by molar-refractivity contribution is 7.99. The molecule has 110 valence electrons. The molecule has 0 fully saturated rings. The van der Waals surface area contributed by atoms with Gasteiger partial charge in [0.25, 0.3) is 0 Å². The van der Waals surface area contributed by atoms with E-state index in [9.17, 15) is 4.79 Å². The Balaban J connectivity index is 1.73. The zero-order valence-corrected chi connectivity index (χ0v) is 12.2. The number of thioether (sulfide) groups is 1. The number of nitrogens with zero attached hydrogens (tertiary/aromatic N) is 4. The van der Waals surface area contributed by atoms with Crippen LogP contribution >= 0.6 is 11.8 Å². The third kappa shape index (κ3) is 2.66. The van der Waals surface area contributed by atoms with Crippen LogP contribution in [0, 0.1) is 11.3 Å². The molecule has 3 aromatic rings. The molecule has 0 spiro atoms. The van der Waals surface area contributed by atoms with E-state index in [2.05, 4.69) is 9.97 Å². The van der Waals surface area contributed by atoms with Crippen LogP contribution in [0.15, 0.2) is 44.8 Å². The number of oxazole rings is 1. The van der Waals surface area contributed by atoms with E-state index in [1.54, 1.807) is 10.6 Å². The first-order valence-corrected chi connectivity index (χ1v) is 7.41. The molecule has 22 heavy (non-hydrogen) atoms. The Bertz CT molecular complexity index is 925. The Labute approximate surface area is 129 Å². The molecule has 0 aliphatic rings. The summed E-state index contributed by atoms with van der Waals surface area (Å²) in [4.78, 5) is 19.9. The molecule has 0 aliphatic carbocycles. The lowest BCUT2D eigenvalue weighted by molar-refractivity contribution is 0.514. The summed E-state index contributed by atoms with van der Waals surface area (Å²) in [6, 6.07) is 9.17. The lowest BCUT2D eigenvalue weighted by Gasteiger charge is -2.03. The number of nitrogens with two attached hydrogens (primary N) is 1. The van der Waals surface area contributed by atoms with E-state index in [4.69, 9.17) is 15.4 Å². The monoisotopic (exact) mass is 313 g/mol. The van der Waals surface area contributed by atoms with Crippen molar-refractivity contribution in [3.8, 4) is 6.07 Å². The fraction of sp³-hybridized carbons (Fsp3) is 0.143. The number of para-hydroxylation sites is 2. The number of aryl methyl sites for hydroxylation is 1. The number of nitrogen functional groups attached to an aromatic ring is 1. The number of hydrogen-bond acceptors (Lipinski definition) is 7. The number of rotatable bonds is 4. The van der Waals surface area contributed by atoms with Crippen LogP contribution in [-0.2, 0) is 6.54 Å². The van der Waals surface area contributed by atoms with Gasteiger partial charge in [-0.05, 0) is 12.1 Å². The van der Waals surface area contributed by atoms with Crippen LogP contribution in [0.1, 0.15) is 5.56 Å². The smallest absolute Gasteiger partial charge is 0.408 e. The summed E-state index contributed by atoms with van der Waals surface area (Å²) in [7, 11) is 0. The molecular weight excluding hydrogens is 302 g/mol. The van der Waals surface area contributed by atoms with E-state index in [-0.39, 0.29) is 17.1 Å². The Kier molecular flexibility index (Phi) is 3.80. The van der Waals surface area contributed by atoms with E-state index in [0.717, 1.165) is 5.52 Å².